The van der Waals surface area contributed by atoms with Gasteiger partial charge in [0.2, 0.25) is 0 Å². The van der Waals surface area contributed by atoms with Gasteiger partial charge in [0.25, 0.3) is 15.9 Å². The van der Waals surface area contributed by atoms with Crippen LogP contribution >= 0.6 is 11.6 Å². The Kier molecular flexibility index (Phi) is 7.14. The van der Waals surface area contributed by atoms with Crippen LogP contribution in [0.2, 0.25) is 5.02 Å². The van der Waals surface area contributed by atoms with Crippen LogP contribution in [0.1, 0.15) is 10.4 Å². The average molecular weight is 463 g/mol. The Balaban J connectivity index is 1.59. The Hall–Kier alpha value is -3.10. The van der Waals surface area contributed by atoms with Crippen LogP contribution in [0.3, 0.4) is 0 Å². The SMILES string of the molecule is CN(CCOc1ccccc1Cl)C(=O)c1ccc(S(=O)(=O)Nc2ccc(F)cc2)cc1. The van der Waals surface area contributed by atoms with Gasteiger partial charge in [-0.2, -0.15) is 0 Å². The van der Waals surface area contributed by atoms with Gasteiger partial charge >= 0.3 is 0 Å². The molecule has 0 atom stereocenters. The maximum absolute atomic E-state index is 13.0. The van der Waals surface area contributed by atoms with Gasteiger partial charge in [0, 0.05) is 18.3 Å². The zero-order valence-electron chi connectivity index (χ0n) is 16.6. The number of para-hydroxylation sites is 1. The number of halogens is 2. The first-order chi connectivity index (χ1) is 14.8. The van der Waals surface area contributed by atoms with Crippen molar-refractivity contribution in [3.05, 3.63) is 89.2 Å². The molecule has 0 aliphatic carbocycles. The lowest BCUT2D eigenvalue weighted by atomic mass is 10.2. The van der Waals surface area contributed by atoms with E-state index in [4.69, 9.17) is 16.3 Å². The number of nitrogens with one attached hydrogen (secondary N) is 1. The van der Waals surface area contributed by atoms with Crippen LogP contribution in [-0.2, 0) is 10.0 Å². The number of likely N-dealkylation sites (N-methyl/N-ethyl adjacent to an activating group) is 1. The van der Waals surface area contributed by atoms with Crippen LogP contribution in [0.5, 0.6) is 5.75 Å². The molecule has 0 radical (unpaired) electrons. The van der Waals surface area contributed by atoms with Crippen molar-refractivity contribution in [2.24, 2.45) is 0 Å². The molecule has 0 aliphatic heterocycles. The second kappa shape index (κ2) is 9.80. The van der Waals surface area contributed by atoms with E-state index >= 15 is 0 Å². The van der Waals surface area contributed by atoms with Crippen LogP contribution in [0, 0.1) is 5.82 Å². The lowest BCUT2D eigenvalue weighted by Crippen LogP contribution is -2.30. The quantitative estimate of drug-likeness (QED) is 0.537. The largest absolute Gasteiger partial charge is 0.490 e. The van der Waals surface area contributed by atoms with Crippen molar-refractivity contribution in [1.29, 1.82) is 0 Å². The third kappa shape index (κ3) is 5.96. The standard InChI is InChI=1S/C22H20ClFN2O4S/c1-26(14-15-30-21-5-3-2-4-20(21)23)22(27)16-6-12-19(13-7-16)31(28,29)25-18-10-8-17(24)9-11-18/h2-13,25H,14-15H2,1H3. The highest BCUT2D eigenvalue weighted by molar-refractivity contribution is 7.92. The minimum atomic E-state index is -3.87. The molecule has 0 aliphatic rings. The molecule has 31 heavy (non-hydrogen) atoms. The molecule has 0 saturated carbocycles. The molecule has 6 nitrogen and oxygen atoms in total. The molecule has 0 spiro atoms. The number of rotatable bonds is 8. The second-order valence-electron chi connectivity index (χ2n) is 6.64. The number of ether oxygens (including phenoxy) is 1. The van der Waals surface area contributed by atoms with Crippen molar-refractivity contribution in [2.75, 3.05) is 24.9 Å². The molecular formula is C22H20ClFN2O4S. The monoisotopic (exact) mass is 462 g/mol. The van der Waals surface area contributed by atoms with Gasteiger partial charge in [0.1, 0.15) is 18.2 Å². The highest BCUT2D eigenvalue weighted by Gasteiger charge is 2.17. The second-order valence-corrected chi connectivity index (χ2v) is 8.73. The number of carbonyl (C=O) groups is 1. The summed E-state index contributed by atoms with van der Waals surface area (Å²) in [5.74, 6) is -0.210. The summed E-state index contributed by atoms with van der Waals surface area (Å²) in [7, 11) is -2.24. The van der Waals surface area contributed by atoms with Gasteiger partial charge in [-0.25, -0.2) is 12.8 Å². The molecule has 3 aromatic carbocycles. The van der Waals surface area contributed by atoms with Gasteiger partial charge in [-0.3, -0.25) is 9.52 Å². The predicted octanol–water partition coefficient (Wildman–Crippen LogP) is 4.43. The summed E-state index contributed by atoms with van der Waals surface area (Å²) >= 11 is 6.03. The van der Waals surface area contributed by atoms with E-state index < -0.39 is 15.8 Å². The normalized spacial score (nSPS) is 11.1. The van der Waals surface area contributed by atoms with Crippen molar-refractivity contribution >= 4 is 33.2 Å². The Morgan fingerprint density at radius 1 is 1.03 bits per heavy atom. The van der Waals surface area contributed by atoms with E-state index in [0.717, 1.165) is 12.1 Å². The Bertz CT molecular complexity index is 1150. The Morgan fingerprint density at radius 2 is 1.68 bits per heavy atom. The lowest BCUT2D eigenvalue weighted by Gasteiger charge is -2.18. The first kappa shape index (κ1) is 22.6. The van der Waals surface area contributed by atoms with Gasteiger partial charge in [-0.05, 0) is 60.7 Å². The van der Waals surface area contributed by atoms with Gasteiger partial charge < -0.3 is 9.64 Å². The molecule has 1 N–H and O–H groups in total. The van der Waals surface area contributed by atoms with Gasteiger partial charge in [-0.15, -0.1) is 0 Å². The summed E-state index contributed by atoms with van der Waals surface area (Å²) in [4.78, 5) is 14.0. The zero-order valence-corrected chi connectivity index (χ0v) is 18.2. The van der Waals surface area contributed by atoms with E-state index in [0.29, 0.717) is 22.9 Å². The number of amides is 1. The summed E-state index contributed by atoms with van der Waals surface area (Å²) in [5.41, 5.74) is 0.570. The minimum absolute atomic E-state index is 0.0157. The van der Waals surface area contributed by atoms with Crippen molar-refractivity contribution < 1.29 is 22.3 Å². The van der Waals surface area contributed by atoms with Crippen molar-refractivity contribution in [3.8, 4) is 5.75 Å². The number of nitrogens with zero attached hydrogens (tertiary/aromatic N) is 1. The molecule has 3 rings (SSSR count). The molecule has 0 aromatic heterocycles. The molecule has 3 aromatic rings. The number of benzene rings is 3. The van der Waals surface area contributed by atoms with E-state index in [9.17, 15) is 17.6 Å². The Labute approximate surface area is 185 Å². The maximum Gasteiger partial charge on any atom is 0.261 e. The van der Waals surface area contributed by atoms with Crippen LogP contribution in [-0.4, -0.2) is 39.4 Å². The first-order valence-corrected chi connectivity index (χ1v) is 11.1. The van der Waals surface area contributed by atoms with Gasteiger partial charge in [-0.1, -0.05) is 23.7 Å². The van der Waals surface area contributed by atoms with E-state index in [1.54, 1.807) is 31.3 Å². The Morgan fingerprint density at radius 3 is 2.32 bits per heavy atom. The fraction of sp³-hybridized carbons (Fsp3) is 0.136. The minimum Gasteiger partial charge on any atom is -0.490 e. The topological polar surface area (TPSA) is 75.7 Å². The summed E-state index contributed by atoms with van der Waals surface area (Å²) in [6, 6.07) is 17.6. The highest BCUT2D eigenvalue weighted by Crippen LogP contribution is 2.23. The summed E-state index contributed by atoms with van der Waals surface area (Å²) in [5, 5.41) is 0.488. The third-order valence-corrected chi connectivity index (χ3v) is 6.09. The van der Waals surface area contributed by atoms with E-state index in [1.165, 1.54) is 41.3 Å². The molecule has 1 amide bonds. The van der Waals surface area contributed by atoms with E-state index in [1.807, 2.05) is 0 Å². The molecule has 162 valence electrons. The number of hydrogen-bond acceptors (Lipinski definition) is 4. The predicted molar refractivity (Wildman–Crippen MR) is 118 cm³/mol. The van der Waals surface area contributed by atoms with Crippen molar-refractivity contribution in [1.82, 2.24) is 4.90 Å². The van der Waals surface area contributed by atoms with Crippen molar-refractivity contribution in [2.45, 2.75) is 4.90 Å². The summed E-state index contributed by atoms with van der Waals surface area (Å²) in [6.45, 7) is 0.566. The van der Waals surface area contributed by atoms with Crippen LogP contribution in [0.15, 0.2) is 77.7 Å². The lowest BCUT2D eigenvalue weighted by molar-refractivity contribution is 0.0773. The zero-order chi connectivity index (χ0) is 22.4. The van der Waals surface area contributed by atoms with Crippen LogP contribution < -0.4 is 9.46 Å². The smallest absolute Gasteiger partial charge is 0.261 e. The average Bonchev–Trinajstić information content (AvgIpc) is 2.76. The molecule has 0 fully saturated rings. The number of sulfonamides is 1. The number of anilines is 1. The molecule has 0 saturated heterocycles. The maximum atomic E-state index is 13.0. The third-order valence-electron chi connectivity index (χ3n) is 4.38. The number of carbonyl (C=O) groups excluding carboxylic acids is 1. The first-order valence-electron chi connectivity index (χ1n) is 9.27. The van der Waals surface area contributed by atoms with E-state index in [2.05, 4.69) is 4.72 Å². The van der Waals surface area contributed by atoms with E-state index in [-0.39, 0.29) is 23.1 Å². The fourth-order valence-corrected chi connectivity index (χ4v) is 3.93. The van der Waals surface area contributed by atoms with Crippen LogP contribution in [0.4, 0.5) is 10.1 Å². The molecular weight excluding hydrogens is 443 g/mol. The summed E-state index contributed by atoms with van der Waals surface area (Å²) in [6.07, 6.45) is 0. The highest BCUT2D eigenvalue weighted by atomic mass is 35.5. The summed E-state index contributed by atoms with van der Waals surface area (Å²) < 4.78 is 45.9. The molecule has 9 heteroatoms. The molecule has 0 unspecified atom stereocenters. The fourth-order valence-electron chi connectivity index (χ4n) is 2.68. The molecule has 0 bridgehead atoms. The van der Waals surface area contributed by atoms with Crippen LogP contribution in [0.25, 0.3) is 0 Å². The number of hydrogen-bond donors (Lipinski definition) is 1. The van der Waals surface area contributed by atoms with Crippen molar-refractivity contribution in [3.63, 3.8) is 0 Å². The van der Waals surface area contributed by atoms with Gasteiger partial charge in [0.05, 0.1) is 16.5 Å². The van der Waals surface area contributed by atoms with Gasteiger partial charge in [0.15, 0.2) is 0 Å². The molecule has 0 heterocycles.